The van der Waals surface area contributed by atoms with Crippen LogP contribution in [-0.2, 0) is 16.7 Å². The minimum atomic E-state index is -0.464. The summed E-state index contributed by atoms with van der Waals surface area (Å²) in [6.45, 7) is 4.94. The first-order valence-corrected chi connectivity index (χ1v) is 8.85. The molecule has 0 saturated heterocycles. The highest BCUT2D eigenvalue weighted by Gasteiger charge is 2.47. The molecule has 0 fully saturated rings. The fourth-order valence-corrected chi connectivity index (χ4v) is 4.20. The molecule has 2 aliphatic rings. The number of amides is 1. The van der Waals surface area contributed by atoms with E-state index < -0.39 is 5.54 Å². The number of ether oxygens (including phenoxy) is 1. The fourth-order valence-electron chi connectivity index (χ4n) is 4.20. The van der Waals surface area contributed by atoms with Crippen LogP contribution in [0.15, 0.2) is 53.5 Å². The van der Waals surface area contributed by atoms with Crippen molar-refractivity contribution >= 4 is 17.6 Å². The highest BCUT2D eigenvalue weighted by atomic mass is 16.5. The molecule has 0 radical (unpaired) electrons. The van der Waals surface area contributed by atoms with Gasteiger partial charge < -0.3 is 15.8 Å². The van der Waals surface area contributed by atoms with Crippen LogP contribution in [0.2, 0.25) is 0 Å². The molecule has 3 N–H and O–H groups in total. The third-order valence-electron chi connectivity index (χ3n) is 5.13. The number of aliphatic imine (C=N–C) groups is 1. The van der Waals surface area contributed by atoms with Gasteiger partial charge in [0.2, 0.25) is 0 Å². The molecule has 26 heavy (non-hydrogen) atoms. The molecule has 4 rings (SSSR count). The van der Waals surface area contributed by atoms with E-state index in [0.717, 1.165) is 24.1 Å². The zero-order valence-electron chi connectivity index (χ0n) is 15.1. The van der Waals surface area contributed by atoms with E-state index in [1.54, 1.807) is 12.1 Å². The van der Waals surface area contributed by atoms with E-state index in [9.17, 15) is 4.79 Å². The number of nitrogens with two attached hydrogens (primary N) is 1. The Balaban J connectivity index is 1.70. The molecule has 5 heteroatoms. The molecule has 1 atom stereocenters. The quantitative estimate of drug-likeness (QED) is 0.872. The van der Waals surface area contributed by atoms with Crippen LogP contribution in [0.5, 0.6) is 0 Å². The molecule has 2 aromatic carbocycles. The Morgan fingerprint density at radius 2 is 1.96 bits per heavy atom. The monoisotopic (exact) mass is 349 g/mol. The van der Waals surface area contributed by atoms with Crippen LogP contribution in [0.4, 0.5) is 5.69 Å². The minimum Gasteiger partial charge on any atom is -0.462 e. The maximum atomic E-state index is 12.5. The first-order chi connectivity index (χ1) is 12.4. The molecule has 0 aromatic heterocycles. The van der Waals surface area contributed by atoms with Crippen LogP contribution in [-0.4, -0.2) is 18.5 Å². The molecular formula is C21H23N3O2. The molecule has 0 bridgehead atoms. The highest BCUT2D eigenvalue weighted by Crippen LogP contribution is 2.49. The topological polar surface area (TPSA) is 76.7 Å². The summed E-state index contributed by atoms with van der Waals surface area (Å²) < 4.78 is 5.53. The van der Waals surface area contributed by atoms with Crippen LogP contribution in [0.1, 0.15) is 41.8 Å². The van der Waals surface area contributed by atoms with Gasteiger partial charge in [-0.15, -0.1) is 0 Å². The van der Waals surface area contributed by atoms with Crippen molar-refractivity contribution in [1.29, 1.82) is 0 Å². The summed E-state index contributed by atoms with van der Waals surface area (Å²) in [4.78, 5) is 17.1. The lowest BCUT2D eigenvalue weighted by Gasteiger charge is -2.41. The fraction of sp³-hybridized carbons (Fsp3) is 0.333. The van der Waals surface area contributed by atoms with Crippen LogP contribution >= 0.6 is 0 Å². The third kappa shape index (κ3) is 2.94. The van der Waals surface area contributed by atoms with Crippen molar-refractivity contribution in [3.63, 3.8) is 0 Å². The van der Waals surface area contributed by atoms with Gasteiger partial charge in [0.05, 0.1) is 0 Å². The lowest BCUT2D eigenvalue weighted by Crippen LogP contribution is -2.39. The number of hydrogen-bond donors (Lipinski definition) is 2. The molecule has 1 aliphatic heterocycles. The van der Waals surface area contributed by atoms with E-state index in [1.165, 1.54) is 5.56 Å². The molecule has 1 spiro atoms. The minimum absolute atomic E-state index is 0.110. The summed E-state index contributed by atoms with van der Waals surface area (Å²) in [5, 5.41) is 2.99. The van der Waals surface area contributed by atoms with Crippen molar-refractivity contribution < 1.29 is 9.53 Å². The van der Waals surface area contributed by atoms with Crippen LogP contribution < -0.4 is 11.1 Å². The normalized spacial score (nSPS) is 23.1. The SMILES string of the molecule is CC1(C)Cc2ccc(NC(=O)c3ccccc3)cc2C2(COC(N)=N2)C1. The smallest absolute Gasteiger partial charge is 0.283 e. The van der Waals surface area contributed by atoms with Gasteiger partial charge in [0.25, 0.3) is 11.9 Å². The second-order valence-electron chi connectivity index (χ2n) is 7.98. The number of hydrogen-bond acceptors (Lipinski definition) is 4. The van der Waals surface area contributed by atoms with Crippen molar-refractivity contribution in [1.82, 2.24) is 0 Å². The van der Waals surface area contributed by atoms with Gasteiger partial charge in [-0.1, -0.05) is 38.1 Å². The average Bonchev–Trinajstić information content (AvgIpc) is 2.96. The Morgan fingerprint density at radius 3 is 2.65 bits per heavy atom. The molecule has 0 saturated carbocycles. The molecule has 1 aliphatic carbocycles. The van der Waals surface area contributed by atoms with Crippen molar-refractivity contribution in [2.45, 2.75) is 32.2 Å². The number of carbonyl (C=O) groups excluding carboxylic acids is 1. The Morgan fingerprint density at radius 1 is 1.19 bits per heavy atom. The second kappa shape index (κ2) is 5.87. The summed E-state index contributed by atoms with van der Waals surface area (Å²) in [7, 11) is 0. The Hall–Kier alpha value is -2.82. The van der Waals surface area contributed by atoms with Crippen LogP contribution in [0.3, 0.4) is 0 Å². The number of benzene rings is 2. The first kappa shape index (κ1) is 16.6. The second-order valence-corrected chi connectivity index (χ2v) is 7.98. The van der Waals surface area contributed by atoms with E-state index >= 15 is 0 Å². The summed E-state index contributed by atoms with van der Waals surface area (Å²) in [6.07, 6.45) is 1.83. The molecule has 1 heterocycles. The third-order valence-corrected chi connectivity index (χ3v) is 5.13. The number of amidine groups is 1. The number of anilines is 1. The lowest BCUT2D eigenvalue weighted by atomic mass is 9.65. The zero-order valence-corrected chi connectivity index (χ0v) is 15.1. The van der Waals surface area contributed by atoms with E-state index in [4.69, 9.17) is 10.5 Å². The standard InChI is InChI=1S/C21H23N3O2/c1-20(2)11-15-8-9-16(23-18(25)14-6-4-3-5-7-14)10-17(15)21(12-20)13-26-19(22)24-21/h3-10H,11-13H2,1-2H3,(H2,22,24)(H,23,25). The number of fused-ring (bicyclic) bond motifs is 2. The van der Waals surface area contributed by atoms with Gasteiger partial charge in [0, 0.05) is 11.3 Å². The van der Waals surface area contributed by atoms with Gasteiger partial charge in [-0.25, -0.2) is 4.99 Å². The summed E-state index contributed by atoms with van der Waals surface area (Å²) in [5.74, 6) is -0.124. The molecule has 134 valence electrons. The first-order valence-electron chi connectivity index (χ1n) is 8.85. The molecule has 5 nitrogen and oxygen atoms in total. The van der Waals surface area contributed by atoms with Gasteiger partial charge in [-0.2, -0.15) is 0 Å². The Kier molecular flexibility index (Phi) is 3.75. The van der Waals surface area contributed by atoms with Crippen molar-refractivity contribution in [2.75, 3.05) is 11.9 Å². The summed E-state index contributed by atoms with van der Waals surface area (Å²) in [5.41, 5.74) is 9.22. The van der Waals surface area contributed by atoms with E-state index in [-0.39, 0.29) is 17.3 Å². The number of carbonyl (C=O) groups is 1. The predicted molar refractivity (Wildman–Crippen MR) is 102 cm³/mol. The highest BCUT2D eigenvalue weighted by molar-refractivity contribution is 6.04. The summed E-state index contributed by atoms with van der Waals surface area (Å²) in [6, 6.07) is 15.5. The van der Waals surface area contributed by atoms with E-state index in [2.05, 4.69) is 30.2 Å². The van der Waals surface area contributed by atoms with Crippen molar-refractivity contribution in [2.24, 2.45) is 16.1 Å². The zero-order chi connectivity index (χ0) is 18.4. The van der Waals surface area contributed by atoms with Crippen molar-refractivity contribution in [3.05, 3.63) is 65.2 Å². The van der Waals surface area contributed by atoms with Gasteiger partial charge in [0.1, 0.15) is 12.1 Å². The summed E-state index contributed by atoms with van der Waals surface area (Å²) >= 11 is 0. The maximum absolute atomic E-state index is 12.5. The van der Waals surface area contributed by atoms with Gasteiger partial charge in [-0.05, 0) is 53.6 Å². The van der Waals surface area contributed by atoms with Gasteiger partial charge in [0.15, 0.2) is 0 Å². The largest absolute Gasteiger partial charge is 0.462 e. The lowest BCUT2D eigenvalue weighted by molar-refractivity contribution is 0.102. The molecular weight excluding hydrogens is 326 g/mol. The average molecular weight is 349 g/mol. The van der Waals surface area contributed by atoms with Crippen LogP contribution in [0.25, 0.3) is 0 Å². The molecule has 1 amide bonds. The molecule has 2 aromatic rings. The van der Waals surface area contributed by atoms with Gasteiger partial charge >= 0.3 is 0 Å². The number of nitrogens with zero attached hydrogens (tertiary/aromatic N) is 1. The molecule has 1 unspecified atom stereocenters. The van der Waals surface area contributed by atoms with E-state index in [1.807, 2.05) is 30.3 Å². The Labute approximate surface area is 153 Å². The predicted octanol–water partition coefficient (Wildman–Crippen LogP) is 3.45. The maximum Gasteiger partial charge on any atom is 0.283 e. The van der Waals surface area contributed by atoms with Gasteiger partial charge in [-0.3, -0.25) is 4.79 Å². The van der Waals surface area contributed by atoms with Crippen LogP contribution in [0, 0.1) is 5.41 Å². The van der Waals surface area contributed by atoms with E-state index in [0.29, 0.717) is 12.2 Å². The number of rotatable bonds is 2. The Bertz CT molecular complexity index is 889. The van der Waals surface area contributed by atoms with Crippen molar-refractivity contribution in [3.8, 4) is 0 Å². The number of nitrogens with one attached hydrogen (secondary N) is 1.